The molecule has 21 heavy (non-hydrogen) atoms. The van der Waals surface area contributed by atoms with Crippen LogP contribution in [-0.2, 0) is 12.8 Å². The van der Waals surface area contributed by atoms with Crippen molar-refractivity contribution in [3.8, 4) is 0 Å². The van der Waals surface area contributed by atoms with Crippen LogP contribution in [0.5, 0.6) is 0 Å². The fourth-order valence-corrected chi connectivity index (χ4v) is 2.48. The summed E-state index contributed by atoms with van der Waals surface area (Å²) in [6.07, 6.45) is 2.11. The van der Waals surface area contributed by atoms with Crippen LogP contribution < -0.4 is 5.43 Å². The maximum Gasteiger partial charge on any atom is 0.0650 e. The lowest BCUT2D eigenvalue weighted by Crippen LogP contribution is -2.18. The Morgan fingerprint density at radius 2 is 1.76 bits per heavy atom. The zero-order valence-corrected chi connectivity index (χ0v) is 13.8. The summed E-state index contributed by atoms with van der Waals surface area (Å²) in [5.41, 5.74) is 8.19. The van der Waals surface area contributed by atoms with E-state index in [4.69, 9.17) is 0 Å². The summed E-state index contributed by atoms with van der Waals surface area (Å²) in [5.74, 6) is 0. The quantitative estimate of drug-likeness (QED) is 0.624. The Bertz CT molecular complexity index is 654. The van der Waals surface area contributed by atoms with Gasteiger partial charge in [0.05, 0.1) is 5.71 Å². The average molecular weight is 282 g/mol. The van der Waals surface area contributed by atoms with Gasteiger partial charge in [0, 0.05) is 11.6 Å². The molecule has 2 heteroatoms. The molecule has 0 aliphatic rings. The number of hydrogen-bond acceptors (Lipinski definition) is 2. The average Bonchev–Trinajstić information content (AvgIpc) is 2.50. The Balaban J connectivity index is 2.60. The highest BCUT2D eigenvalue weighted by Gasteiger charge is 2.08. The Kier molecular flexibility index (Phi) is 5.00. The minimum atomic E-state index is 0.353. The molecule has 2 rings (SSSR count). The summed E-state index contributed by atoms with van der Waals surface area (Å²) in [6, 6.07) is 11.7. The largest absolute Gasteiger partial charge is 0.307 e. The predicted molar refractivity (Wildman–Crippen MR) is 93.2 cm³/mol. The van der Waals surface area contributed by atoms with E-state index in [1.807, 2.05) is 0 Å². The molecule has 0 spiro atoms. The summed E-state index contributed by atoms with van der Waals surface area (Å²) >= 11 is 0. The van der Waals surface area contributed by atoms with Gasteiger partial charge in [-0.05, 0) is 61.6 Å². The summed E-state index contributed by atoms with van der Waals surface area (Å²) < 4.78 is 0. The van der Waals surface area contributed by atoms with Gasteiger partial charge in [0.2, 0.25) is 0 Å². The van der Waals surface area contributed by atoms with Crippen molar-refractivity contribution >= 4 is 16.5 Å². The Morgan fingerprint density at radius 1 is 1.05 bits per heavy atom. The van der Waals surface area contributed by atoms with E-state index in [9.17, 15) is 0 Å². The topological polar surface area (TPSA) is 24.4 Å². The van der Waals surface area contributed by atoms with Crippen LogP contribution in [0.25, 0.3) is 10.8 Å². The maximum absolute atomic E-state index is 4.54. The van der Waals surface area contributed by atoms with E-state index in [0.717, 1.165) is 18.6 Å². The van der Waals surface area contributed by atoms with Crippen LogP contribution in [-0.4, -0.2) is 11.8 Å². The van der Waals surface area contributed by atoms with Crippen molar-refractivity contribution < 1.29 is 0 Å². The third kappa shape index (κ3) is 3.63. The molecule has 0 unspecified atom stereocenters. The molecule has 2 aromatic rings. The molecule has 0 aromatic heterocycles. The van der Waals surface area contributed by atoms with Gasteiger partial charge in [-0.3, -0.25) is 0 Å². The van der Waals surface area contributed by atoms with Gasteiger partial charge in [-0.25, -0.2) is 0 Å². The van der Waals surface area contributed by atoms with Crippen LogP contribution in [0.4, 0.5) is 0 Å². The van der Waals surface area contributed by atoms with E-state index in [2.05, 4.69) is 75.5 Å². The summed E-state index contributed by atoms with van der Waals surface area (Å²) in [4.78, 5) is 0. The second-order valence-electron chi connectivity index (χ2n) is 5.89. The third-order valence-corrected chi connectivity index (χ3v) is 3.78. The molecule has 0 bridgehead atoms. The van der Waals surface area contributed by atoms with Crippen molar-refractivity contribution in [2.75, 3.05) is 0 Å². The normalized spacial score (nSPS) is 12.2. The van der Waals surface area contributed by atoms with Gasteiger partial charge in [-0.2, -0.15) is 5.10 Å². The SMILES string of the molecule is CCc1cc(/C(C)=N/NC(C)C)c2cc(CC)ccc2c1. The van der Waals surface area contributed by atoms with Crippen LogP contribution in [0.2, 0.25) is 0 Å². The van der Waals surface area contributed by atoms with Crippen molar-refractivity contribution in [3.63, 3.8) is 0 Å². The standard InChI is InChI=1S/C19H26N2/c1-6-15-8-9-17-10-16(7-2)12-18(19(17)11-15)14(5)21-20-13(3)4/h8-13,20H,6-7H2,1-5H3/b21-14+. The lowest BCUT2D eigenvalue weighted by Gasteiger charge is -2.12. The van der Waals surface area contributed by atoms with Gasteiger partial charge >= 0.3 is 0 Å². The molecule has 2 aromatic carbocycles. The highest BCUT2D eigenvalue weighted by molar-refractivity contribution is 6.10. The number of hydrogen-bond donors (Lipinski definition) is 1. The molecule has 0 aliphatic heterocycles. The van der Waals surface area contributed by atoms with Crippen LogP contribution >= 0.6 is 0 Å². The molecular formula is C19H26N2. The number of hydrazone groups is 1. The Labute approximate surface area is 128 Å². The van der Waals surface area contributed by atoms with Gasteiger partial charge in [0.1, 0.15) is 0 Å². The zero-order chi connectivity index (χ0) is 15.4. The van der Waals surface area contributed by atoms with Crippen LogP contribution in [0.15, 0.2) is 35.4 Å². The number of nitrogens with zero attached hydrogens (tertiary/aromatic N) is 1. The van der Waals surface area contributed by atoms with E-state index >= 15 is 0 Å². The summed E-state index contributed by atoms with van der Waals surface area (Å²) in [6.45, 7) is 10.7. The number of fused-ring (bicyclic) bond motifs is 1. The molecular weight excluding hydrogens is 256 g/mol. The Hall–Kier alpha value is -1.83. The molecule has 2 nitrogen and oxygen atoms in total. The van der Waals surface area contributed by atoms with Gasteiger partial charge < -0.3 is 5.43 Å². The fourth-order valence-electron chi connectivity index (χ4n) is 2.48. The zero-order valence-electron chi connectivity index (χ0n) is 13.8. The van der Waals surface area contributed by atoms with Crippen LogP contribution in [0, 0.1) is 0 Å². The van der Waals surface area contributed by atoms with Gasteiger partial charge in [-0.15, -0.1) is 0 Å². The molecule has 0 heterocycles. The highest BCUT2D eigenvalue weighted by Crippen LogP contribution is 2.24. The van der Waals surface area contributed by atoms with E-state index < -0.39 is 0 Å². The molecule has 112 valence electrons. The highest BCUT2D eigenvalue weighted by atomic mass is 15.3. The molecule has 0 atom stereocenters. The smallest absolute Gasteiger partial charge is 0.0650 e. The Morgan fingerprint density at radius 3 is 2.38 bits per heavy atom. The lowest BCUT2D eigenvalue weighted by atomic mass is 9.95. The molecule has 0 aliphatic carbocycles. The van der Waals surface area contributed by atoms with Gasteiger partial charge in [0.15, 0.2) is 0 Å². The summed E-state index contributed by atoms with van der Waals surface area (Å²) in [7, 11) is 0. The molecule has 0 saturated heterocycles. The third-order valence-electron chi connectivity index (χ3n) is 3.78. The van der Waals surface area contributed by atoms with Crippen molar-refractivity contribution in [1.82, 2.24) is 5.43 Å². The molecule has 1 N–H and O–H groups in total. The molecule has 0 saturated carbocycles. The molecule has 0 amide bonds. The van der Waals surface area contributed by atoms with E-state index in [-0.39, 0.29) is 0 Å². The minimum absolute atomic E-state index is 0.353. The molecule has 0 radical (unpaired) electrons. The van der Waals surface area contributed by atoms with Crippen molar-refractivity contribution in [2.45, 2.75) is 53.5 Å². The second kappa shape index (κ2) is 6.75. The number of aryl methyl sites for hydroxylation is 2. The van der Waals surface area contributed by atoms with Gasteiger partial charge in [-0.1, -0.05) is 38.1 Å². The first-order chi connectivity index (χ1) is 10.0. The fraction of sp³-hybridized carbons (Fsp3) is 0.421. The van der Waals surface area contributed by atoms with E-state index in [0.29, 0.717) is 6.04 Å². The van der Waals surface area contributed by atoms with Crippen molar-refractivity contribution in [2.24, 2.45) is 5.10 Å². The van der Waals surface area contributed by atoms with Crippen LogP contribution in [0.3, 0.4) is 0 Å². The van der Waals surface area contributed by atoms with Crippen LogP contribution in [0.1, 0.15) is 51.3 Å². The van der Waals surface area contributed by atoms with Gasteiger partial charge in [0.25, 0.3) is 0 Å². The van der Waals surface area contributed by atoms with Crippen molar-refractivity contribution in [1.29, 1.82) is 0 Å². The molecule has 0 fully saturated rings. The first-order valence-corrected chi connectivity index (χ1v) is 7.90. The van der Waals surface area contributed by atoms with Crippen molar-refractivity contribution in [3.05, 3.63) is 47.0 Å². The number of benzene rings is 2. The summed E-state index contributed by atoms with van der Waals surface area (Å²) in [5, 5.41) is 7.15. The first kappa shape index (κ1) is 15.6. The predicted octanol–water partition coefficient (Wildman–Crippen LogP) is 4.69. The maximum atomic E-state index is 4.54. The second-order valence-corrected chi connectivity index (χ2v) is 5.89. The minimum Gasteiger partial charge on any atom is -0.307 e. The van der Waals surface area contributed by atoms with E-state index in [1.165, 1.54) is 27.5 Å². The lowest BCUT2D eigenvalue weighted by molar-refractivity contribution is 0.620. The number of rotatable bonds is 5. The first-order valence-electron chi connectivity index (χ1n) is 7.90. The monoisotopic (exact) mass is 282 g/mol. The van der Waals surface area contributed by atoms with E-state index in [1.54, 1.807) is 0 Å². The number of nitrogens with one attached hydrogen (secondary N) is 1.